The number of thiazole rings is 1. The third kappa shape index (κ3) is 3.73. The Kier molecular flexibility index (Phi) is 4.49. The summed E-state index contributed by atoms with van der Waals surface area (Å²) in [5.41, 5.74) is 0.690. The normalized spacial score (nSPS) is 11.0. The molecule has 0 spiro atoms. The Morgan fingerprint density at radius 1 is 1.29 bits per heavy atom. The van der Waals surface area contributed by atoms with Crippen LogP contribution >= 0.6 is 11.3 Å². The van der Waals surface area contributed by atoms with Crippen LogP contribution in [-0.4, -0.2) is 12.1 Å². The minimum absolute atomic E-state index is 0.143. The molecule has 4 nitrogen and oxygen atoms in total. The van der Waals surface area contributed by atoms with Crippen molar-refractivity contribution < 1.29 is 9.47 Å². The first-order valence-electron chi connectivity index (χ1n) is 6.61. The van der Waals surface area contributed by atoms with E-state index in [1.54, 1.807) is 7.11 Å². The monoisotopic (exact) mass is 302 g/mol. The van der Waals surface area contributed by atoms with Crippen LogP contribution in [0.3, 0.4) is 0 Å². The fraction of sp³-hybridized carbons (Fsp3) is 0.375. The van der Waals surface area contributed by atoms with Crippen molar-refractivity contribution in [1.82, 2.24) is 4.98 Å². The molecule has 0 N–H and O–H groups in total. The van der Waals surface area contributed by atoms with Crippen LogP contribution in [0.5, 0.6) is 11.5 Å². The second-order valence-electron chi connectivity index (χ2n) is 5.61. The van der Waals surface area contributed by atoms with Gasteiger partial charge in [0.25, 0.3) is 0 Å². The average molecular weight is 302 g/mol. The molecule has 110 valence electrons. The molecule has 0 bridgehead atoms. The van der Waals surface area contributed by atoms with Gasteiger partial charge in [-0.25, -0.2) is 4.98 Å². The van der Waals surface area contributed by atoms with Gasteiger partial charge in [-0.2, -0.15) is 5.26 Å². The highest BCUT2D eigenvalue weighted by molar-refractivity contribution is 7.12. The van der Waals surface area contributed by atoms with Crippen LogP contribution in [0.25, 0.3) is 0 Å². The number of hydrogen-bond acceptors (Lipinski definition) is 5. The highest BCUT2D eigenvalue weighted by Gasteiger charge is 2.23. The maximum Gasteiger partial charge on any atom is 0.140 e. The molecule has 0 amide bonds. The lowest BCUT2D eigenvalue weighted by Gasteiger charge is -2.15. The first-order chi connectivity index (χ1) is 9.94. The van der Waals surface area contributed by atoms with Gasteiger partial charge in [0.1, 0.15) is 34.1 Å². The van der Waals surface area contributed by atoms with E-state index in [1.165, 1.54) is 11.3 Å². The van der Waals surface area contributed by atoms with Crippen molar-refractivity contribution in [3.8, 4) is 17.6 Å². The molecule has 5 heteroatoms. The van der Waals surface area contributed by atoms with Gasteiger partial charge in [-0.3, -0.25) is 0 Å². The van der Waals surface area contributed by atoms with E-state index in [0.717, 1.165) is 22.2 Å². The van der Waals surface area contributed by atoms with Crippen molar-refractivity contribution in [3.63, 3.8) is 0 Å². The van der Waals surface area contributed by atoms with E-state index < -0.39 is 0 Å². The van der Waals surface area contributed by atoms with Gasteiger partial charge < -0.3 is 9.47 Å². The predicted molar refractivity (Wildman–Crippen MR) is 82.9 cm³/mol. The number of methoxy groups -OCH3 is 1. The lowest BCUT2D eigenvalue weighted by molar-refractivity contribution is 0.302. The van der Waals surface area contributed by atoms with Crippen LogP contribution in [0, 0.1) is 11.3 Å². The topological polar surface area (TPSA) is 55.1 Å². The number of benzene rings is 1. The SMILES string of the molecule is COc1cccc(OCc2nc(C(C)(C)C)c(C#N)s2)c1. The quantitative estimate of drug-likeness (QED) is 0.859. The first kappa shape index (κ1) is 15.3. The zero-order chi connectivity index (χ0) is 15.5. The summed E-state index contributed by atoms with van der Waals surface area (Å²) in [6.07, 6.45) is 0. The predicted octanol–water partition coefficient (Wildman–Crippen LogP) is 3.90. The fourth-order valence-electron chi connectivity index (χ4n) is 1.85. The van der Waals surface area contributed by atoms with Gasteiger partial charge in [0.2, 0.25) is 0 Å². The first-order valence-corrected chi connectivity index (χ1v) is 7.43. The van der Waals surface area contributed by atoms with Gasteiger partial charge in [-0.05, 0) is 12.1 Å². The second kappa shape index (κ2) is 6.15. The van der Waals surface area contributed by atoms with Gasteiger partial charge >= 0.3 is 0 Å². The van der Waals surface area contributed by atoms with Crippen molar-refractivity contribution in [2.45, 2.75) is 32.8 Å². The fourth-order valence-corrected chi connectivity index (χ4v) is 2.83. The summed E-state index contributed by atoms with van der Waals surface area (Å²) in [7, 11) is 1.62. The van der Waals surface area contributed by atoms with E-state index in [9.17, 15) is 5.26 Å². The van der Waals surface area contributed by atoms with E-state index in [4.69, 9.17) is 9.47 Å². The molecule has 21 heavy (non-hydrogen) atoms. The second-order valence-corrected chi connectivity index (χ2v) is 6.70. The maximum absolute atomic E-state index is 9.21. The average Bonchev–Trinajstić information content (AvgIpc) is 2.89. The molecular weight excluding hydrogens is 284 g/mol. The number of nitrogens with zero attached hydrogens (tertiary/aromatic N) is 2. The Labute approximate surface area is 129 Å². The number of hydrogen-bond donors (Lipinski definition) is 0. The zero-order valence-electron chi connectivity index (χ0n) is 12.6. The number of aromatic nitrogens is 1. The smallest absolute Gasteiger partial charge is 0.140 e. The molecule has 1 heterocycles. The van der Waals surface area contributed by atoms with E-state index in [1.807, 2.05) is 24.3 Å². The molecule has 0 unspecified atom stereocenters. The Morgan fingerprint density at radius 2 is 2.00 bits per heavy atom. The Hall–Kier alpha value is -2.06. The molecular formula is C16H18N2O2S. The van der Waals surface area contributed by atoms with Crippen LogP contribution in [0.15, 0.2) is 24.3 Å². The molecule has 2 rings (SSSR count). The molecule has 0 atom stereocenters. The summed E-state index contributed by atoms with van der Waals surface area (Å²) >= 11 is 1.39. The summed E-state index contributed by atoms with van der Waals surface area (Å²) in [6.45, 7) is 6.50. The molecule has 0 aliphatic rings. The minimum Gasteiger partial charge on any atom is -0.497 e. The Bertz CT molecular complexity index is 666. The molecule has 0 radical (unpaired) electrons. The van der Waals surface area contributed by atoms with Crippen LogP contribution in [-0.2, 0) is 12.0 Å². The van der Waals surface area contributed by atoms with E-state index in [2.05, 4.69) is 31.8 Å². The van der Waals surface area contributed by atoms with Gasteiger partial charge in [0.05, 0.1) is 12.8 Å². The van der Waals surface area contributed by atoms with Crippen molar-refractivity contribution in [3.05, 3.63) is 39.8 Å². The number of nitriles is 1. The zero-order valence-corrected chi connectivity index (χ0v) is 13.5. The molecule has 0 aliphatic carbocycles. The number of rotatable bonds is 4. The maximum atomic E-state index is 9.21. The molecule has 1 aromatic heterocycles. The van der Waals surface area contributed by atoms with Gasteiger partial charge in [0.15, 0.2) is 0 Å². The summed E-state index contributed by atoms with van der Waals surface area (Å²) < 4.78 is 10.9. The van der Waals surface area contributed by atoms with Crippen molar-refractivity contribution in [1.29, 1.82) is 5.26 Å². The van der Waals surface area contributed by atoms with Crippen LogP contribution in [0.2, 0.25) is 0 Å². The third-order valence-corrected chi connectivity index (χ3v) is 3.82. The van der Waals surface area contributed by atoms with Crippen molar-refractivity contribution >= 4 is 11.3 Å². The van der Waals surface area contributed by atoms with E-state index >= 15 is 0 Å². The minimum atomic E-state index is -0.143. The van der Waals surface area contributed by atoms with Crippen molar-refractivity contribution in [2.24, 2.45) is 0 Å². The molecule has 0 saturated heterocycles. The van der Waals surface area contributed by atoms with Crippen LogP contribution in [0.1, 0.15) is 36.3 Å². The van der Waals surface area contributed by atoms with Crippen LogP contribution < -0.4 is 9.47 Å². The molecule has 2 aromatic rings. The lowest BCUT2D eigenvalue weighted by Crippen LogP contribution is -2.13. The van der Waals surface area contributed by atoms with Gasteiger partial charge in [0, 0.05) is 11.5 Å². The third-order valence-electron chi connectivity index (χ3n) is 2.89. The highest BCUT2D eigenvalue weighted by Crippen LogP contribution is 2.29. The summed E-state index contributed by atoms with van der Waals surface area (Å²) in [6, 6.07) is 9.64. The molecule has 0 aliphatic heterocycles. The molecule has 0 fully saturated rings. The highest BCUT2D eigenvalue weighted by atomic mass is 32.1. The summed E-state index contributed by atoms with van der Waals surface area (Å²) in [5.74, 6) is 1.47. The Morgan fingerprint density at radius 3 is 2.57 bits per heavy atom. The largest absolute Gasteiger partial charge is 0.497 e. The number of ether oxygens (including phenoxy) is 2. The lowest BCUT2D eigenvalue weighted by atomic mass is 9.91. The van der Waals surface area contributed by atoms with E-state index in [0.29, 0.717) is 11.5 Å². The Balaban J connectivity index is 2.14. The van der Waals surface area contributed by atoms with Gasteiger partial charge in [-0.15, -0.1) is 11.3 Å². The van der Waals surface area contributed by atoms with Crippen LogP contribution in [0.4, 0.5) is 0 Å². The molecule has 0 saturated carbocycles. The standard InChI is InChI=1S/C16H18N2O2S/c1-16(2,3)15-13(9-17)21-14(18-15)10-20-12-7-5-6-11(8-12)19-4/h5-8H,10H2,1-4H3. The summed E-state index contributed by atoms with van der Waals surface area (Å²) in [5, 5.41) is 10.0. The van der Waals surface area contributed by atoms with Gasteiger partial charge in [-0.1, -0.05) is 26.8 Å². The summed E-state index contributed by atoms with van der Waals surface area (Å²) in [4.78, 5) is 5.21. The van der Waals surface area contributed by atoms with Crippen molar-refractivity contribution in [2.75, 3.05) is 7.11 Å². The van der Waals surface area contributed by atoms with E-state index in [-0.39, 0.29) is 5.41 Å². The molecule has 1 aromatic carbocycles.